The fourth-order valence-corrected chi connectivity index (χ4v) is 6.16. The number of nitro benzene ring substituents is 1. The van der Waals surface area contributed by atoms with E-state index in [1.165, 1.54) is 16.4 Å². The van der Waals surface area contributed by atoms with E-state index in [2.05, 4.69) is 37.9 Å². The molecule has 9 nitrogen and oxygen atoms in total. The number of rotatable bonds is 9. The lowest BCUT2D eigenvalue weighted by Crippen LogP contribution is -2.46. The molecule has 1 aliphatic heterocycles. The van der Waals surface area contributed by atoms with Crippen LogP contribution < -0.4 is 15.4 Å². The van der Waals surface area contributed by atoms with E-state index in [0.717, 1.165) is 21.3 Å². The number of hydrogen-bond acceptors (Lipinski definition) is 6. The normalized spacial score (nSPS) is 14.8. The van der Waals surface area contributed by atoms with Crippen LogP contribution in [0.3, 0.4) is 0 Å². The molecule has 0 radical (unpaired) electrons. The Hall–Kier alpha value is -2.59. The third-order valence-electron chi connectivity index (χ3n) is 6.06. The van der Waals surface area contributed by atoms with Gasteiger partial charge < -0.3 is 10.6 Å². The van der Waals surface area contributed by atoms with Gasteiger partial charge in [-0.2, -0.15) is 12.7 Å². The molecule has 1 fully saturated rings. The summed E-state index contributed by atoms with van der Waals surface area (Å²) < 4.78 is 59.5. The Bertz CT molecular complexity index is 1440. The van der Waals surface area contributed by atoms with Crippen LogP contribution in [0.25, 0.3) is 0 Å². The van der Waals surface area contributed by atoms with Crippen LogP contribution in [0.5, 0.6) is 0 Å². The lowest BCUT2D eigenvalue weighted by Gasteiger charge is -2.32. The predicted molar refractivity (Wildman–Crippen MR) is 151 cm³/mol. The topological polar surface area (TPSA) is 117 Å². The molecular formula is C24H23ClF2IN5O4S. The summed E-state index contributed by atoms with van der Waals surface area (Å²) in [4.78, 5) is 10.3. The van der Waals surface area contributed by atoms with Crippen LogP contribution in [0.4, 0.5) is 31.5 Å². The minimum absolute atomic E-state index is 0.0146. The first-order chi connectivity index (χ1) is 18.0. The SMILES string of the molecule is O=[N+]([O-])c1ccc(CNC2CCN(S(=O)(=O)Nc3ccc(F)c(F)c3Nc3ccc(I)cc3Cl)CC2)cc1. The van der Waals surface area contributed by atoms with Gasteiger partial charge in [0.2, 0.25) is 0 Å². The Kier molecular flexibility index (Phi) is 9.03. The number of benzene rings is 3. The number of non-ortho nitro benzene ring substituents is 1. The van der Waals surface area contributed by atoms with Crippen molar-refractivity contribution in [1.29, 1.82) is 0 Å². The summed E-state index contributed by atoms with van der Waals surface area (Å²) in [6.45, 7) is 0.907. The first kappa shape index (κ1) is 28.4. The standard InChI is InChI=1S/C24H23ClF2IN5O4S/c25-19-13-16(28)3-7-21(19)30-24-22(8-6-20(26)23(24)27)31-38(36,37)32-11-9-17(10-12-32)29-14-15-1-4-18(5-2-15)33(34)35/h1-8,13,17,29-31H,9-12,14H2. The Morgan fingerprint density at radius 2 is 1.71 bits per heavy atom. The molecule has 0 saturated carbocycles. The molecule has 0 amide bonds. The fourth-order valence-electron chi connectivity index (χ4n) is 3.98. The molecule has 0 aliphatic carbocycles. The van der Waals surface area contributed by atoms with Gasteiger partial charge in [0.25, 0.3) is 5.69 Å². The molecule has 3 N–H and O–H groups in total. The minimum Gasteiger partial charge on any atom is -0.350 e. The van der Waals surface area contributed by atoms with Crippen molar-refractivity contribution in [2.24, 2.45) is 0 Å². The molecule has 1 aliphatic rings. The summed E-state index contributed by atoms with van der Waals surface area (Å²) in [5, 5.41) is 17.1. The van der Waals surface area contributed by atoms with Crippen molar-refractivity contribution >= 4 is 67.2 Å². The second-order valence-electron chi connectivity index (χ2n) is 8.62. The van der Waals surface area contributed by atoms with Crippen LogP contribution in [0.1, 0.15) is 18.4 Å². The molecule has 202 valence electrons. The van der Waals surface area contributed by atoms with Crippen LogP contribution in [0.2, 0.25) is 5.02 Å². The Morgan fingerprint density at radius 1 is 1.05 bits per heavy atom. The summed E-state index contributed by atoms with van der Waals surface area (Å²) in [5.74, 6) is -2.38. The van der Waals surface area contributed by atoms with E-state index < -0.39 is 26.8 Å². The first-order valence-corrected chi connectivity index (χ1v) is 14.4. The second-order valence-corrected chi connectivity index (χ2v) is 11.9. The molecule has 0 spiro atoms. The number of halogens is 4. The lowest BCUT2D eigenvalue weighted by molar-refractivity contribution is -0.384. The predicted octanol–water partition coefficient (Wildman–Crippen LogP) is 5.79. The highest BCUT2D eigenvalue weighted by Crippen LogP contribution is 2.34. The van der Waals surface area contributed by atoms with Gasteiger partial charge in [-0.15, -0.1) is 0 Å². The summed E-state index contributed by atoms with van der Waals surface area (Å²) in [5.41, 5.74) is 0.643. The Balaban J connectivity index is 1.40. The third kappa shape index (κ3) is 6.88. The molecule has 3 aromatic rings. The highest BCUT2D eigenvalue weighted by Gasteiger charge is 2.29. The van der Waals surface area contributed by atoms with E-state index in [9.17, 15) is 27.3 Å². The van der Waals surface area contributed by atoms with Gasteiger partial charge in [0.1, 0.15) is 5.69 Å². The number of piperidine rings is 1. The van der Waals surface area contributed by atoms with Crippen LogP contribution >= 0.6 is 34.2 Å². The zero-order chi connectivity index (χ0) is 27.4. The van der Waals surface area contributed by atoms with Gasteiger partial charge >= 0.3 is 10.2 Å². The minimum atomic E-state index is -4.07. The lowest BCUT2D eigenvalue weighted by atomic mass is 10.1. The summed E-state index contributed by atoms with van der Waals surface area (Å²) >= 11 is 8.27. The fraction of sp³-hybridized carbons (Fsp3) is 0.250. The van der Waals surface area contributed by atoms with Crippen molar-refractivity contribution in [3.63, 3.8) is 0 Å². The van der Waals surface area contributed by atoms with E-state index in [1.807, 2.05) is 0 Å². The van der Waals surface area contributed by atoms with Crippen molar-refractivity contribution in [3.05, 3.63) is 90.5 Å². The molecule has 0 aromatic heterocycles. The van der Waals surface area contributed by atoms with Crippen molar-refractivity contribution in [2.45, 2.75) is 25.4 Å². The summed E-state index contributed by atoms with van der Waals surface area (Å²) in [6, 6.07) is 13.2. The average Bonchev–Trinajstić information content (AvgIpc) is 2.88. The molecule has 0 unspecified atom stereocenters. The zero-order valence-electron chi connectivity index (χ0n) is 19.8. The molecule has 4 rings (SSSR count). The number of hydrogen-bond donors (Lipinski definition) is 3. The zero-order valence-corrected chi connectivity index (χ0v) is 23.5. The molecule has 1 saturated heterocycles. The molecule has 0 atom stereocenters. The van der Waals surface area contributed by atoms with Crippen molar-refractivity contribution in [3.8, 4) is 0 Å². The van der Waals surface area contributed by atoms with Gasteiger partial charge in [0, 0.05) is 41.4 Å². The van der Waals surface area contributed by atoms with Gasteiger partial charge in [0.05, 0.1) is 21.3 Å². The molecule has 0 bridgehead atoms. The maximum atomic E-state index is 14.7. The van der Waals surface area contributed by atoms with E-state index >= 15 is 0 Å². The van der Waals surface area contributed by atoms with Crippen molar-refractivity contribution in [2.75, 3.05) is 23.1 Å². The number of nitrogens with one attached hydrogen (secondary N) is 3. The number of nitro groups is 1. The Labute approximate surface area is 237 Å². The van der Waals surface area contributed by atoms with E-state index in [-0.39, 0.29) is 46.9 Å². The molecule has 3 aromatic carbocycles. The smallest absolute Gasteiger partial charge is 0.301 e. The molecule has 1 heterocycles. The van der Waals surface area contributed by atoms with Crippen molar-refractivity contribution in [1.82, 2.24) is 9.62 Å². The second kappa shape index (κ2) is 12.1. The van der Waals surface area contributed by atoms with Crippen LogP contribution in [-0.4, -0.2) is 36.8 Å². The quantitative estimate of drug-likeness (QED) is 0.150. The third-order valence-corrected chi connectivity index (χ3v) is 8.57. The van der Waals surface area contributed by atoms with Gasteiger partial charge in [-0.05, 0) is 71.3 Å². The monoisotopic (exact) mass is 677 g/mol. The van der Waals surface area contributed by atoms with Crippen LogP contribution in [0.15, 0.2) is 54.6 Å². The van der Waals surface area contributed by atoms with Crippen LogP contribution in [0, 0.1) is 25.3 Å². The van der Waals surface area contributed by atoms with Gasteiger partial charge in [0.15, 0.2) is 11.6 Å². The maximum Gasteiger partial charge on any atom is 0.301 e. The first-order valence-electron chi connectivity index (χ1n) is 11.5. The van der Waals surface area contributed by atoms with Crippen molar-refractivity contribution < 1.29 is 22.1 Å². The average molecular weight is 678 g/mol. The van der Waals surface area contributed by atoms with Gasteiger partial charge in [-0.25, -0.2) is 8.78 Å². The highest BCUT2D eigenvalue weighted by atomic mass is 127. The molecule has 14 heteroatoms. The van der Waals surface area contributed by atoms with E-state index in [0.29, 0.717) is 19.4 Å². The van der Waals surface area contributed by atoms with Gasteiger partial charge in [-0.3, -0.25) is 14.8 Å². The molecule has 38 heavy (non-hydrogen) atoms. The summed E-state index contributed by atoms with van der Waals surface area (Å²) in [6.07, 6.45) is 1.05. The Morgan fingerprint density at radius 3 is 2.34 bits per heavy atom. The van der Waals surface area contributed by atoms with E-state index in [4.69, 9.17) is 11.6 Å². The van der Waals surface area contributed by atoms with Crippen LogP contribution in [-0.2, 0) is 16.8 Å². The number of nitrogens with zero attached hydrogens (tertiary/aromatic N) is 2. The largest absolute Gasteiger partial charge is 0.350 e. The summed E-state index contributed by atoms with van der Waals surface area (Å²) in [7, 11) is -4.07. The molecular weight excluding hydrogens is 655 g/mol. The maximum absolute atomic E-state index is 14.7. The highest BCUT2D eigenvalue weighted by molar-refractivity contribution is 14.1. The number of anilines is 3. The van der Waals surface area contributed by atoms with E-state index in [1.54, 1.807) is 30.3 Å². The van der Waals surface area contributed by atoms with Gasteiger partial charge in [-0.1, -0.05) is 23.7 Å².